The molecule has 0 bridgehead atoms. The number of aliphatic hydroxyl groups is 1. The van der Waals surface area contributed by atoms with Crippen molar-refractivity contribution in [1.29, 1.82) is 0 Å². The third-order valence-electron chi connectivity index (χ3n) is 3.71. The number of guanidine groups is 1. The maximum atomic E-state index is 12.0. The minimum atomic E-state index is -1.19. The van der Waals surface area contributed by atoms with E-state index in [-0.39, 0.29) is 43.0 Å². The molecule has 0 aliphatic carbocycles. The fourth-order valence-corrected chi connectivity index (χ4v) is 2.27. The molecule has 2 aromatic rings. The Kier molecular flexibility index (Phi) is 9.87. The van der Waals surface area contributed by atoms with E-state index in [0.717, 1.165) is 5.56 Å². The summed E-state index contributed by atoms with van der Waals surface area (Å²) >= 11 is 0. The maximum Gasteiger partial charge on any atom is 0.242 e. The van der Waals surface area contributed by atoms with Gasteiger partial charge in [-0.15, -0.1) is 24.0 Å². The van der Waals surface area contributed by atoms with Gasteiger partial charge in [-0.1, -0.05) is 30.3 Å². The molecule has 2 rings (SSSR count). The number of nitrogens with one attached hydrogen (secondary N) is 3. The predicted octanol–water partition coefficient (Wildman–Crippen LogP) is 1.98. The number of nitrogens with zero attached hydrogens (tertiary/aromatic N) is 1. The largest absolute Gasteiger partial charge is 0.466 e. The Morgan fingerprint density at radius 1 is 1.15 bits per heavy atom. The molecule has 27 heavy (non-hydrogen) atoms. The van der Waals surface area contributed by atoms with Crippen LogP contribution in [0.1, 0.15) is 25.2 Å². The summed E-state index contributed by atoms with van der Waals surface area (Å²) < 4.78 is 5.25. The monoisotopic (exact) mass is 486 g/mol. The van der Waals surface area contributed by atoms with E-state index < -0.39 is 5.60 Å². The standard InChI is InChI=1S/C19H26N4O3.HI/c1-3-20-18(23-14-19(2,25)16-10-7-11-26-16)22-13-17(24)21-12-15-8-5-4-6-9-15;/h4-11,25H,3,12-14H2,1-2H3,(H,21,24)(H2,20,22,23);1H. The van der Waals surface area contributed by atoms with Crippen LogP contribution in [0.4, 0.5) is 0 Å². The molecule has 0 spiro atoms. The topological polar surface area (TPSA) is 98.9 Å². The summed E-state index contributed by atoms with van der Waals surface area (Å²) in [4.78, 5) is 16.2. The zero-order chi connectivity index (χ0) is 18.8. The van der Waals surface area contributed by atoms with Gasteiger partial charge in [0, 0.05) is 13.1 Å². The van der Waals surface area contributed by atoms with E-state index >= 15 is 0 Å². The van der Waals surface area contributed by atoms with Crippen LogP contribution >= 0.6 is 24.0 Å². The van der Waals surface area contributed by atoms with Gasteiger partial charge in [-0.25, -0.2) is 4.99 Å². The first-order valence-corrected chi connectivity index (χ1v) is 8.60. The number of aliphatic imine (C=N–C) groups is 1. The molecule has 1 aromatic heterocycles. The minimum absolute atomic E-state index is 0. The fraction of sp³-hybridized carbons (Fsp3) is 0.368. The van der Waals surface area contributed by atoms with Crippen molar-refractivity contribution < 1.29 is 14.3 Å². The lowest BCUT2D eigenvalue weighted by atomic mass is 10.0. The summed E-state index contributed by atoms with van der Waals surface area (Å²) in [5.74, 6) is 0.736. The summed E-state index contributed by atoms with van der Waals surface area (Å²) in [6, 6.07) is 13.1. The highest BCUT2D eigenvalue weighted by Crippen LogP contribution is 2.19. The third kappa shape index (κ3) is 8.00. The molecule has 1 heterocycles. The van der Waals surface area contributed by atoms with E-state index in [9.17, 15) is 9.90 Å². The summed E-state index contributed by atoms with van der Waals surface area (Å²) in [6.45, 7) is 4.86. The smallest absolute Gasteiger partial charge is 0.242 e. The van der Waals surface area contributed by atoms with Crippen molar-refractivity contribution in [2.75, 3.05) is 19.6 Å². The highest BCUT2D eigenvalue weighted by molar-refractivity contribution is 14.0. The van der Waals surface area contributed by atoms with E-state index in [1.54, 1.807) is 19.1 Å². The molecule has 0 radical (unpaired) electrons. The van der Waals surface area contributed by atoms with Gasteiger partial charge < -0.3 is 25.5 Å². The molecular weight excluding hydrogens is 459 g/mol. The van der Waals surface area contributed by atoms with Crippen molar-refractivity contribution >= 4 is 35.8 Å². The SMILES string of the molecule is CCNC(=NCC(=O)NCc1ccccc1)NCC(C)(O)c1ccco1.I. The zero-order valence-corrected chi connectivity index (χ0v) is 17.9. The number of furan rings is 1. The van der Waals surface area contributed by atoms with Crippen molar-refractivity contribution in [2.45, 2.75) is 26.0 Å². The van der Waals surface area contributed by atoms with Gasteiger partial charge in [-0.05, 0) is 31.5 Å². The van der Waals surface area contributed by atoms with Crippen molar-refractivity contribution in [2.24, 2.45) is 4.99 Å². The lowest BCUT2D eigenvalue weighted by molar-refractivity contribution is -0.119. The lowest BCUT2D eigenvalue weighted by Crippen LogP contribution is -2.44. The van der Waals surface area contributed by atoms with Crippen molar-refractivity contribution in [3.05, 3.63) is 60.1 Å². The number of carbonyl (C=O) groups is 1. The molecular formula is C19H27IN4O3. The summed E-state index contributed by atoms with van der Waals surface area (Å²) in [6.07, 6.45) is 1.51. The second kappa shape index (κ2) is 11.6. The van der Waals surface area contributed by atoms with Crippen molar-refractivity contribution in [3.63, 3.8) is 0 Å². The van der Waals surface area contributed by atoms with E-state index in [1.807, 2.05) is 37.3 Å². The molecule has 0 aliphatic heterocycles. The van der Waals surface area contributed by atoms with Crippen LogP contribution in [0.5, 0.6) is 0 Å². The first-order chi connectivity index (χ1) is 12.5. The Bertz CT molecular complexity index is 703. The first-order valence-electron chi connectivity index (χ1n) is 8.60. The molecule has 1 atom stereocenters. The van der Waals surface area contributed by atoms with E-state index in [2.05, 4.69) is 20.9 Å². The molecule has 7 nitrogen and oxygen atoms in total. The van der Waals surface area contributed by atoms with Gasteiger partial charge in [-0.2, -0.15) is 0 Å². The molecule has 0 saturated carbocycles. The van der Waals surface area contributed by atoms with Crippen LogP contribution in [0.2, 0.25) is 0 Å². The van der Waals surface area contributed by atoms with Crippen LogP contribution in [0.15, 0.2) is 58.1 Å². The summed E-state index contributed by atoms with van der Waals surface area (Å²) in [5.41, 5.74) is -0.153. The highest BCUT2D eigenvalue weighted by Gasteiger charge is 2.26. The molecule has 4 N–H and O–H groups in total. The van der Waals surface area contributed by atoms with E-state index in [0.29, 0.717) is 24.8 Å². The predicted molar refractivity (Wildman–Crippen MR) is 116 cm³/mol. The number of halogens is 1. The van der Waals surface area contributed by atoms with Crippen LogP contribution in [0, 0.1) is 0 Å². The van der Waals surface area contributed by atoms with Gasteiger partial charge in [0.2, 0.25) is 5.91 Å². The van der Waals surface area contributed by atoms with Crippen molar-refractivity contribution in [1.82, 2.24) is 16.0 Å². The third-order valence-corrected chi connectivity index (χ3v) is 3.71. The average molecular weight is 486 g/mol. The Morgan fingerprint density at radius 2 is 1.89 bits per heavy atom. The number of rotatable bonds is 8. The molecule has 0 aliphatic rings. The maximum absolute atomic E-state index is 12.0. The van der Waals surface area contributed by atoms with E-state index in [4.69, 9.17) is 4.42 Å². The minimum Gasteiger partial charge on any atom is -0.466 e. The molecule has 1 unspecified atom stereocenters. The fourth-order valence-electron chi connectivity index (χ4n) is 2.27. The summed E-state index contributed by atoms with van der Waals surface area (Å²) in [7, 11) is 0. The zero-order valence-electron chi connectivity index (χ0n) is 15.6. The Balaban J connectivity index is 0.00000364. The number of carbonyl (C=O) groups excluding carboxylic acids is 1. The van der Waals surface area contributed by atoms with Crippen LogP contribution in [-0.4, -0.2) is 36.6 Å². The number of hydrogen-bond acceptors (Lipinski definition) is 4. The Labute approximate surface area is 176 Å². The normalized spacial score (nSPS) is 13.2. The molecule has 148 valence electrons. The van der Waals surface area contributed by atoms with Crippen LogP contribution in [-0.2, 0) is 16.9 Å². The summed E-state index contributed by atoms with van der Waals surface area (Å²) in [5, 5.41) is 19.4. The Hall–Kier alpha value is -2.07. The molecule has 1 amide bonds. The van der Waals surface area contributed by atoms with Crippen LogP contribution in [0.3, 0.4) is 0 Å². The van der Waals surface area contributed by atoms with Gasteiger partial charge in [0.25, 0.3) is 0 Å². The molecule has 0 saturated heterocycles. The lowest BCUT2D eigenvalue weighted by Gasteiger charge is -2.22. The van der Waals surface area contributed by atoms with Gasteiger partial charge in [-0.3, -0.25) is 4.79 Å². The van der Waals surface area contributed by atoms with Crippen LogP contribution in [0.25, 0.3) is 0 Å². The van der Waals surface area contributed by atoms with Gasteiger partial charge in [0.1, 0.15) is 17.9 Å². The first kappa shape index (κ1) is 23.0. The molecule has 8 heteroatoms. The number of hydrogen-bond donors (Lipinski definition) is 4. The average Bonchev–Trinajstić information content (AvgIpc) is 3.19. The van der Waals surface area contributed by atoms with Gasteiger partial charge in [0.15, 0.2) is 5.96 Å². The van der Waals surface area contributed by atoms with Crippen molar-refractivity contribution in [3.8, 4) is 0 Å². The number of benzene rings is 1. The number of amides is 1. The second-order valence-corrected chi connectivity index (χ2v) is 6.06. The molecule has 0 fully saturated rings. The van der Waals surface area contributed by atoms with E-state index in [1.165, 1.54) is 6.26 Å². The van der Waals surface area contributed by atoms with Gasteiger partial charge in [0.05, 0.1) is 12.8 Å². The quantitative estimate of drug-likeness (QED) is 0.260. The van der Waals surface area contributed by atoms with Crippen LogP contribution < -0.4 is 16.0 Å². The van der Waals surface area contributed by atoms with Gasteiger partial charge >= 0.3 is 0 Å². The molecule has 1 aromatic carbocycles. The highest BCUT2D eigenvalue weighted by atomic mass is 127. The Morgan fingerprint density at radius 3 is 2.52 bits per heavy atom. The second-order valence-electron chi connectivity index (χ2n) is 6.06.